The van der Waals surface area contributed by atoms with E-state index in [1.165, 1.54) is 50.0 Å². The molecule has 0 amide bonds. The number of hydrogen-bond acceptors (Lipinski definition) is 4. The van der Waals surface area contributed by atoms with Gasteiger partial charge in [0.1, 0.15) is 0 Å². The minimum atomic E-state index is -0.146. The Morgan fingerprint density at radius 1 is 1.14 bits per heavy atom. The zero-order valence-corrected chi connectivity index (χ0v) is 20.4. The number of aliphatic hydroxyl groups excluding tert-OH is 1. The van der Waals surface area contributed by atoms with Crippen molar-refractivity contribution in [3.63, 3.8) is 0 Å². The van der Waals surface area contributed by atoms with Crippen molar-refractivity contribution in [2.75, 3.05) is 11.5 Å². The molecule has 0 bridgehead atoms. The predicted molar refractivity (Wildman–Crippen MR) is 125 cm³/mol. The van der Waals surface area contributed by atoms with Gasteiger partial charge in [-0.05, 0) is 95.8 Å². The van der Waals surface area contributed by atoms with Crippen LogP contribution in [0.3, 0.4) is 0 Å². The van der Waals surface area contributed by atoms with Crippen molar-refractivity contribution < 1.29 is 9.84 Å². The Morgan fingerprint density at radius 3 is 2.59 bits per heavy atom. The van der Waals surface area contributed by atoms with Crippen molar-refractivity contribution in [3.8, 4) is 0 Å². The number of aliphatic hydroxyl groups is 1. The van der Waals surface area contributed by atoms with Crippen LogP contribution in [0.15, 0.2) is 11.6 Å². The number of thioether (sulfide) groups is 2. The van der Waals surface area contributed by atoms with Gasteiger partial charge in [0.2, 0.25) is 0 Å². The predicted octanol–water partition coefficient (Wildman–Crippen LogP) is 6.28. The van der Waals surface area contributed by atoms with Crippen LogP contribution in [0.25, 0.3) is 0 Å². The molecule has 0 unspecified atom stereocenters. The van der Waals surface area contributed by atoms with Crippen LogP contribution in [-0.4, -0.2) is 38.5 Å². The second kappa shape index (κ2) is 7.46. The Kier molecular flexibility index (Phi) is 5.46. The Morgan fingerprint density at radius 2 is 1.90 bits per heavy atom. The monoisotopic (exact) mass is 436 g/mol. The van der Waals surface area contributed by atoms with Gasteiger partial charge in [-0.25, -0.2) is 0 Å². The first-order chi connectivity index (χ1) is 13.8. The lowest BCUT2D eigenvalue weighted by atomic mass is 9.50. The second-order valence-corrected chi connectivity index (χ2v) is 14.5. The number of fused-ring (bicyclic) bond motifs is 5. The molecule has 4 aliphatic carbocycles. The maximum Gasteiger partial charge on any atom is 0.0794 e. The van der Waals surface area contributed by atoms with E-state index in [-0.39, 0.29) is 17.1 Å². The number of ether oxygens (including phenoxy) is 1. The van der Waals surface area contributed by atoms with Gasteiger partial charge in [0, 0.05) is 16.9 Å². The quantitative estimate of drug-likeness (QED) is 0.516. The molecule has 5 aliphatic rings. The maximum atomic E-state index is 11.6. The zero-order chi connectivity index (χ0) is 20.4. The molecule has 2 nitrogen and oxygen atoms in total. The second-order valence-electron chi connectivity index (χ2n) is 11.4. The third-order valence-corrected chi connectivity index (χ3v) is 12.4. The standard InChI is InChI=1S/C25H40O2S2/c1-5-24-15-20(26)22-17-10-11-25(28-12-13-29-25)14-16(17)6-7-18(22)19(24)8-9-21(24)27-23(2,3)4/h14,17-22,26H,5-13,15H2,1-4H3/t17-,18-,19-,20+,21-,22+,24-/m0/s1. The highest BCUT2D eigenvalue weighted by Crippen LogP contribution is 2.65. The van der Waals surface area contributed by atoms with E-state index in [1.807, 2.05) is 0 Å². The number of hydrogen-bond donors (Lipinski definition) is 1. The van der Waals surface area contributed by atoms with Crippen molar-refractivity contribution in [1.82, 2.24) is 0 Å². The van der Waals surface area contributed by atoms with Crippen LogP contribution >= 0.6 is 23.5 Å². The van der Waals surface area contributed by atoms with Gasteiger partial charge in [0.25, 0.3) is 0 Å². The fourth-order valence-electron chi connectivity index (χ4n) is 8.08. The zero-order valence-electron chi connectivity index (χ0n) is 18.8. The molecule has 0 aromatic rings. The Bertz CT molecular complexity index is 662. The fraction of sp³-hybridized carbons (Fsp3) is 0.920. The first kappa shape index (κ1) is 21.2. The number of rotatable bonds is 2. The molecule has 0 aromatic heterocycles. The van der Waals surface area contributed by atoms with Gasteiger partial charge >= 0.3 is 0 Å². The number of allylic oxidation sites excluding steroid dienone is 1. The van der Waals surface area contributed by atoms with E-state index in [0.717, 1.165) is 18.8 Å². The van der Waals surface area contributed by atoms with Crippen LogP contribution in [0.4, 0.5) is 0 Å². The van der Waals surface area contributed by atoms with E-state index in [1.54, 1.807) is 5.57 Å². The highest BCUT2D eigenvalue weighted by Gasteiger charge is 2.61. The van der Waals surface area contributed by atoms with E-state index < -0.39 is 0 Å². The molecule has 7 atom stereocenters. The Balaban J connectivity index is 1.42. The van der Waals surface area contributed by atoms with E-state index in [0.29, 0.717) is 27.9 Å². The summed E-state index contributed by atoms with van der Waals surface area (Å²) in [5.41, 5.74) is 1.81. The van der Waals surface area contributed by atoms with Crippen molar-refractivity contribution in [2.45, 2.75) is 101 Å². The normalized spacial score (nSPS) is 46.2. The average Bonchev–Trinajstić information content (AvgIpc) is 3.25. The molecular formula is C25H40O2S2. The van der Waals surface area contributed by atoms with E-state index in [2.05, 4.69) is 57.3 Å². The van der Waals surface area contributed by atoms with Crippen LogP contribution < -0.4 is 0 Å². The average molecular weight is 437 g/mol. The Hall–Kier alpha value is 0.360. The van der Waals surface area contributed by atoms with Gasteiger partial charge in [-0.1, -0.05) is 18.6 Å². The molecule has 4 heteroatoms. The fourth-order valence-corrected chi connectivity index (χ4v) is 11.3. The smallest absolute Gasteiger partial charge is 0.0794 e. The molecule has 1 spiro atoms. The van der Waals surface area contributed by atoms with Gasteiger partial charge in [-0.2, -0.15) is 0 Å². The summed E-state index contributed by atoms with van der Waals surface area (Å²) in [5.74, 6) is 5.22. The summed E-state index contributed by atoms with van der Waals surface area (Å²) >= 11 is 4.37. The third-order valence-electron chi connectivity index (χ3n) is 9.01. The van der Waals surface area contributed by atoms with Crippen molar-refractivity contribution in [2.24, 2.45) is 29.1 Å². The molecule has 1 aliphatic heterocycles. The lowest BCUT2D eigenvalue weighted by molar-refractivity contribution is -0.169. The third kappa shape index (κ3) is 3.47. The molecule has 0 radical (unpaired) electrons. The molecule has 1 heterocycles. The van der Waals surface area contributed by atoms with Gasteiger partial charge in [-0.15, -0.1) is 23.5 Å². The molecule has 0 aromatic carbocycles. The molecule has 4 fully saturated rings. The minimum Gasteiger partial charge on any atom is -0.393 e. The van der Waals surface area contributed by atoms with Crippen LogP contribution in [0.1, 0.15) is 79.1 Å². The van der Waals surface area contributed by atoms with Crippen molar-refractivity contribution >= 4 is 23.5 Å². The summed E-state index contributed by atoms with van der Waals surface area (Å²) in [6.07, 6.45) is 12.7. The largest absolute Gasteiger partial charge is 0.393 e. The van der Waals surface area contributed by atoms with Crippen LogP contribution in [-0.2, 0) is 4.74 Å². The maximum absolute atomic E-state index is 11.6. The molecule has 29 heavy (non-hydrogen) atoms. The van der Waals surface area contributed by atoms with E-state index in [4.69, 9.17) is 4.74 Å². The molecule has 164 valence electrons. The highest BCUT2D eigenvalue weighted by molar-refractivity contribution is 8.21. The SMILES string of the molecule is CC[C@]12C[C@@H](O)[C@H]3[C@@H](CCC4=CC5(CC[C@@H]43)SCCS5)[C@@H]1CC[C@@H]2OC(C)(C)C. The summed E-state index contributed by atoms with van der Waals surface area (Å²) in [4.78, 5) is 0. The van der Waals surface area contributed by atoms with Gasteiger partial charge in [0.05, 0.1) is 21.9 Å². The van der Waals surface area contributed by atoms with Crippen LogP contribution in [0.2, 0.25) is 0 Å². The molecule has 1 saturated heterocycles. The van der Waals surface area contributed by atoms with Gasteiger partial charge < -0.3 is 9.84 Å². The lowest BCUT2D eigenvalue weighted by Gasteiger charge is -2.57. The van der Waals surface area contributed by atoms with Crippen molar-refractivity contribution in [3.05, 3.63) is 11.6 Å². The Labute approximate surface area is 186 Å². The topological polar surface area (TPSA) is 29.5 Å². The van der Waals surface area contributed by atoms with E-state index in [9.17, 15) is 5.11 Å². The molecule has 1 N–H and O–H groups in total. The lowest BCUT2D eigenvalue weighted by Crippen LogP contribution is -2.56. The molecule has 5 rings (SSSR count). The van der Waals surface area contributed by atoms with Gasteiger partial charge in [0.15, 0.2) is 0 Å². The minimum absolute atomic E-state index is 0.0969. The van der Waals surface area contributed by atoms with Crippen molar-refractivity contribution in [1.29, 1.82) is 0 Å². The summed E-state index contributed by atoms with van der Waals surface area (Å²) in [6.45, 7) is 8.94. The summed E-state index contributed by atoms with van der Waals surface area (Å²) < 4.78 is 7.01. The summed E-state index contributed by atoms with van der Waals surface area (Å²) in [5, 5.41) is 11.6. The summed E-state index contributed by atoms with van der Waals surface area (Å²) in [6, 6.07) is 0. The van der Waals surface area contributed by atoms with E-state index >= 15 is 0 Å². The van der Waals surface area contributed by atoms with Gasteiger partial charge in [-0.3, -0.25) is 0 Å². The first-order valence-corrected chi connectivity index (χ1v) is 14.1. The highest BCUT2D eigenvalue weighted by atomic mass is 32.2. The molecular weight excluding hydrogens is 396 g/mol. The molecule has 3 saturated carbocycles. The van der Waals surface area contributed by atoms with Crippen LogP contribution in [0.5, 0.6) is 0 Å². The van der Waals surface area contributed by atoms with Crippen LogP contribution in [0, 0.1) is 29.1 Å². The summed E-state index contributed by atoms with van der Waals surface area (Å²) in [7, 11) is 0. The first-order valence-electron chi connectivity index (χ1n) is 12.1.